The van der Waals surface area contributed by atoms with Crippen molar-refractivity contribution in [2.75, 3.05) is 27.3 Å². The standard InChI is InChI=1S/C23H37NO4/c1-5-24-11-21(2)7-6-17(28-4)23-13-8-12-15(27-3)10-22(26,18(13)19(12)25)14(20(23)24)9-16(21)23/h12-20,25-26H,5-11H2,1-4H3/t12-,13?,14?,15+,16?,17?,18?,19?,20?,21+,22+,23?/m1/s1. The highest BCUT2D eigenvalue weighted by molar-refractivity contribution is 5.32. The van der Waals surface area contributed by atoms with E-state index in [0.29, 0.717) is 29.7 Å². The van der Waals surface area contributed by atoms with Crippen molar-refractivity contribution in [3.8, 4) is 0 Å². The minimum absolute atomic E-state index is 0.00745. The molecule has 5 aliphatic carbocycles. The topological polar surface area (TPSA) is 62.2 Å². The Labute approximate surface area is 168 Å². The molecular formula is C23H37NO4. The number of hydrogen-bond acceptors (Lipinski definition) is 5. The summed E-state index contributed by atoms with van der Waals surface area (Å²) in [4.78, 5) is 2.70. The third-order valence-corrected chi connectivity index (χ3v) is 10.9. The van der Waals surface area contributed by atoms with E-state index in [4.69, 9.17) is 9.47 Å². The average molecular weight is 392 g/mol. The molecule has 12 atom stereocenters. The highest BCUT2D eigenvalue weighted by atomic mass is 16.5. The zero-order valence-electron chi connectivity index (χ0n) is 17.8. The van der Waals surface area contributed by atoms with E-state index in [1.165, 1.54) is 6.42 Å². The summed E-state index contributed by atoms with van der Waals surface area (Å²) in [5.74, 6) is 1.32. The van der Waals surface area contributed by atoms with Crippen LogP contribution in [0.15, 0.2) is 0 Å². The molecule has 7 bridgehead atoms. The lowest BCUT2D eigenvalue weighted by Gasteiger charge is -2.69. The van der Waals surface area contributed by atoms with Gasteiger partial charge in [-0.05, 0) is 49.5 Å². The molecule has 158 valence electrons. The summed E-state index contributed by atoms with van der Waals surface area (Å²) in [6.45, 7) is 6.98. The van der Waals surface area contributed by atoms with Crippen LogP contribution in [0.2, 0.25) is 0 Å². The number of ether oxygens (including phenoxy) is 2. The van der Waals surface area contributed by atoms with Crippen molar-refractivity contribution in [3.05, 3.63) is 0 Å². The molecule has 1 spiro atoms. The van der Waals surface area contributed by atoms with E-state index in [2.05, 4.69) is 18.7 Å². The molecule has 0 aromatic rings. The third kappa shape index (κ3) is 1.73. The maximum atomic E-state index is 12.3. The zero-order chi connectivity index (χ0) is 19.6. The van der Waals surface area contributed by atoms with Gasteiger partial charge in [0.05, 0.1) is 23.9 Å². The molecule has 0 amide bonds. The van der Waals surface area contributed by atoms with Crippen LogP contribution >= 0.6 is 0 Å². The van der Waals surface area contributed by atoms with E-state index in [1.54, 1.807) is 7.11 Å². The summed E-state index contributed by atoms with van der Waals surface area (Å²) < 4.78 is 12.1. The first kappa shape index (κ1) is 18.6. The van der Waals surface area contributed by atoms with E-state index in [0.717, 1.165) is 32.4 Å². The quantitative estimate of drug-likeness (QED) is 0.770. The fourth-order valence-corrected chi connectivity index (χ4v) is 10.4. The summed E-state index contributed by atoms with van der Waals surface area (Å²) >= 11 is 0. The number of nitrogens with zero attached hydrogens (tertiary/aromatic N) is 1. The minimum atomic E-state index is -0.804. The maximum Gasteiger partial charge on any atom is 0.0771 e. The highest BCUT2D eigenvalue weighted by Crippen LogP contribution is 2.78. The van der Waals surface area contributed by atoms with Gasteiger partial charge in [-0.2, -0.15) is 0 Å². The van der Waals surface area contributed by atoms with Gasteiger partial charge in [-0.25, -0.2) is 0 Å². The van der Waals surface area contributed by atoms with Crippen LogP contribution in [0, 0.1) is 40.4 Å². The first-order valence-corrected chi connectivity index (χ1v) is 11.6. The molecule has 6 aliphatic rings. The smallest absolute Gasteiger partial charge is 0.0771 e. The van der Waals surface area contributed by atoms with Crippen molar-refractivity contribution >= 4 is 0 Å². The van der Waals surface area contributed by atoms with E-state index < -0.39 is 11.7 Å². The van der Waals surface area contributed by atoms with Crippen LogP contribution in [0.1, 0.15) is 46.0 Å². The Morgan fingerprint density at radius 2 is 1.93 bits per heavy atom. The van der Waals surface area contributed by atoms with Gasteiger partial charge in [0.25, 0.3) is 0 Å². The molecule has 0 aromatic carbocycles. The lowest BCUT2D eigenvalue weighted by molar-refractivity contribution is -0.270. The summed E-state index contributed by atoms with van der Waals surface area (Å²) in [5.41, 5.74) is -0.424. The second kappa shape index (κ2) is 5.53. The molecule has 28 heavy (non-hydrogen) atoms. The second-order valence-electron chi connectivity index (χ2n) is 11.3. The van der Waals surface area contributed by atoms with Crippen molar-refractivity contribution in [2.45, 2.75) is 75.9 Å². The number of aliphatic hydroxyl groups excluding tert-OH is 1. The first-order valence-electron chi connectivity index (χ1n) is 11.6. The predicted octanol–water partition coefficient (Wildman–Crippen LogP) is 1.90. The normalized spacial score (nSPS) is 64.3. The molecule has 5 nitrogen and oxygen atoms in total. The van der Waals surface area contributed by atoms with Gasteiger partial charge in [0.15, 0.2) is 0 Å². The second-order valence-corrected chi connectivity index (χ2v) is 11.3. The van der Waals surface area contributed by atoms with Crippen LogP contribution in [-0.4, -0.2) is 72.4 Å². The molecular weight excluding hydrogens is 354 g/mol. The van der Waals surface area contributed by atoms with Gasteiger partial charge >= 0.3 is 0 Å². The lowest BCUT2D eigenvalue weighted by atomic mass is 9.43. The van der Waals surface area contributed by atoms with Gasteiger partial charge in [-0.1, -0.05) is 13.8 Å². The number of aliphatic hydroxyl groups is 2. The third-order valence-electron chi connectivity index (χ3n) is 10.9. The number of likely N-dealkylation sites (tertiary alicyclic amines) is 1. The molecule has 0 radical (unpaired) electrons. The van der Waals surface area contributed by atoms with Crippen molar-refractivity contribution < 1.29 is 19.7 Å². The zero-order valence-corrected chi connectivity index (χ0v) is 17.8. The van der Waals surface area contributed by atoms with Crippen molar-refractivity contribution in [2.24, 2.45) is 40.4 Å². The SMILES string of the molecule is CCN1C[C@]2(C)CCC(OC)C34C5C[C@H]6C(O)C5[C@](O)(C[C@@H]6OC)C(CC32)C14. The van der Waals surface area contributed by atoms with Crippen LogP contribution in [0.25, 0.3) is 0 Å². The molecule has 2 N–H and O–H groups in total. The Morgan fingerprint density at radius 1 is 1.14 bits per heavy atom. The van der Waals surface area contributed by atoms with Crippen molar-refractivity contribution in [1.82, 2.24) is 4.90 Å². The maximum absolute atomic E-state index is 12.3. The Bertz CT molecular complexity index is 688. The monoisotopic (exact) mass is 391 g/mol. The van der Waals surface area contributed by atoms with E-state index >= 15 is 0 Å². The van der Waals surface area contributed by atoms with E-state index in [9.17, 15) is 10.2 Å². The number of piperidine rings is 1. The van der Waals surface area contributed by atoms with Gasteiger partial charge in [0.2, 0.25) is 0 Å². The van der Waals surface area contributed by atoms with Gasteiger partial charge < -0.3 is 19.7 Å². The Balaban J connectivity index is 1.59. The van der Waals surface area contributed by atoms with E-state index in [-0.39, 0.29) is 35.4 Å². The summed E-state index contributed by atoms with van der Waals surface area (Å²) in [6, 6.07) is 0.383. The fourth-order valence-electron chi connectivity index (χ4n) is 10.4. The number of rotatable bonds is 3. The van der Waals surface area contributed by atoms with Crippen molar-refractivity contribution in [3.63, 3.8) is 0 Å². The molecule has 5 saturated carbocycles. The van der Waals surface area contributed by atoms with Gasteiger partial charge in [0.1, 0.15) is 0 Å². The van der Waals surface area contributed by atoms with Crippen LogP contribution in [0.5, 0.6) is 0 Å². The lowest BCUT2D eigenvalue weighted by Crippen LogP contribution is -2.75. The molecule has 8 unspecified atom stereocenters. The number of fused-ring (bicyclic) bond motifs is 2. The van der Waals surface area contributed by atoms with Gasteiger partial charge in [-0.3, -0.25) is 4.90 Å². The number of hydrogen-bond donors (Lipinski definition) is 2. The summed E-state index contributed by atoms with van der Waals surface area (Å²) in [7, 11) is 3.66. The van der Waals surface area contributed by atoms with Crippen LogP contribution in [0.3, 0.4) is 0 Å². The number of methoxy groups -OCH3 is 2. The minimum Gasteiger partial charge on any atom is -0.392 e. The molecule has 5 heteroatoms. The van der Waals surface area contributed by atoms with Gasteiger partial charge in [-0.15, -0.1) is 0 Å². The van der Waals surface area contributed by atoms with Gasteiger partial charge in [0, 0.05) is 56.4 Å². The molecule has 6 fully saturated rings. The van der Waals surface area contributed by atoms with E-state index in [1.807, 2.05) is 7.11 Å². The van der Waals surface area contributed by atoms with Crippen LogP contribution in [-0.2, 0) is 9.47 Å². The largest absolute Gasteiger partial charge is 0.392 e. The summed E-state index contributed by atoms with van der Waals surface area (Å²) in [6.07, 6.45) is 4.90. The fraction of sp³-hybridized carbons (Fsp3) is 1.00. The van der Waals surface area contributed by atoms with Crippen LogP contribution in [0.4, 0.5) is 0 Å². The Hall–Kier alpha value is -0.200. The molecule has 1 aliphatic heterocycles. The molecule has 1 heterocycles. The molecule has 0 aromatic heterocycles. The molecule has 1 saturated heterocycles. The molecule has 6 rings (SSSR count). The van der Waals surface area contributed by atoms with Crippen LogP contribution < -0.4 is 0 Å². The Morgan fingerprint density at radius 3 is 2.61 bits per heavy atom. The first-order chi connectivity index (χ1) is 13.4. The summed E-state index contributed by atoms with van der Waals surface area (Å²) in [5, 5.41) is 23.6. The highest BCUT2D eigenvalue weighted by Gasteiger charge is 2.83. The average Bonchev–Trinajstić information content (AvgIpc) is 3.10. The van der Waals surface area contributed by atoms with Crippen molar-refractivity contribution in [1.29, 1.82) is 0 Å². The Kier molecular flexibility index (Phi) is 3.67. The predicted molar refractivity (Wildman–Crippen MR) is 105 cm³/mol.